The number of aryl methyl sites for hydroxylation is 1. The van der Waals surface area contributed by atoms with Crippen LogP contribution in [0.1, 0.15) is 11.9 Å². The molecular weight excluding hydrogens is 370 g/mol. The Morgan fingerprint density at radius 3 is 2.96 bits per heavy atom. The number of piperazine rings is 1. The van der Waals surface area contributed by atoms with Crippen molar-refractivity contribution in [2.24, 2.45) is 0 Å². The normalized spacial score (nSPS) is 17.5. The summed E-state index contributed by atoms with van der Waals surface area (Å²) in [4.78, 5) is 19.5. The molecule has 142 valence electrons. The smallest absolute Gasteiger partial charge is 0.344 e. The SMILES string of the molecule is Cc1nc2ccc(-c3cc4ccc(N5CCNC(C)C5)cc4oc3=O)cc2s1. The van der Waals surface area contributed by atoms with Crippen molar-refractivity contribution in [3.05, 3.63) is 57.9 Å². The second-order valence-electron chi connectivity index (χ2n) is 7.39. The first-order chi connectivity index (χ1) is 13.6. The quantitative estimate of drug-likeness (QED) is 0.520. The van der Waals surface area contributed by atoms with E-state index in [9.17, 15) is 4.79 Å². The molecule has 1 N–H and O–H groups in total. The van der Waals surface area contributed by atoms with E-state index in [0.717, 1.165) is 51.5 Å². The molecule has 2 aromatic heterocycles. The fraction of sp³-hybridized carbons (Fsp3) is 0.273. The van der Waals surface area contributed by atoms with Gasteiger partial charge in [0.15, 0.2) is 0 Å². The van der Waals surface area contributed by atoms with Gasteiger partial charge in [-0.05, 0) is 49.7 Å². The minimum absolute atomic E-state index is 0.307. The molecular formula is C22H21N3O2S. The van der Waals surface area contributed by atoms with Gasteiger partial charge >= 0.3 is 5.63 Å². The molecule has 0 spiro atoms. The van der Waals surface area contributed by atoms with E-state index in [1.54, 1.807) is 11.3 Å². The maximum Gasteiger partial charge on any atom is 0.344 e. The second-order valence-corrected chi connectivity index (χ2v) is 8.62. The molecule has 1 aliphatic rings. The largest absolute Gasteiger partial charge is 0.422 e. The first-order valence-electron chi connectivity index (χ1n) is 9.51. The molecule has 0 bridgehead atoms. The van der Waals surface area contributed by atoms with Crippen LogP contribution in [0.25, 0.3) is 32.3 Å². The molecule has 1 aliphatic heterocycles. The van der Waals surface area contributed by atoms with Crippen LogP contribution >= 0.6 is 11.3 Å². The summed E-state index contributed by atoms with van der Waals surface area (Å²) in [7, 11) is 0. The Morgan fingerprint density at radius 1 is 1.21 bits per heavy atom. The van der Waals surface area contributed by atoms with E-state index < -0.39 is 0 Å². The van der Waals surface area contributed by atoms with Crippen molar-refractivity contribution < 1.29 is 4.42 Å². The van der Waals surface area contributed by atoms with Crippen molar-refractivity contribution in [2.75, 3.05) is 24.5 Å². The van der Waals surface area contributed by atoms with Gasteiger partial charge in [0.2, 0.25) is 0 Å². The molecule has 0 amide bonds. The molecule has 5 nitrogen and oxygen atoms in total. The van der Waals surface area contributed by atoms with Gasteiger partial charge in [0.1, 0.15) is 5.58 Å². The van der Waals surface area contributed by atoms with Crippen molar-refractivity contribution in [2.45, 2.75) is 19.9 Å². The first kappa shape index (κ1) is 17.4. The van der Waals surface area contributed by atoms with Gasteiger partial charge in [-0.1, -0.05) is 6.07 Å². The van der Waals surface area contributed by atoms with Crippen molar-refractivity contribution in [1.29, 1.82) is 0 Å². The lowest BCUT2D eigenvalue weighted by molar-refractivity contribution is 0.484. The Labute approximate surface area is 166 Å². The lowest BCUT2D eigenvalue weighted by Crippen LogP contribution is -2.49. The Hall–Kier alpha value is -2.70. The van der Waals surface area contributed by atoms with Crippen LogP contribution in [-0.4, -0.2) is 30.7 Å². The van der Waals surface area contributed by atoms with E-state index in [4.69, 9.17) is 4.42 Å². The lowest BCUT2D eigenvalue weighted by Gasteiger charge is -2.33. The number of fused-ring (bicyclic) bond motifs is 2. The van der Waals surface area contributed by atoms with Crippen LogP contribution in [0.4, 0.5) is 5.69 Å². The molecule has 0 radical (unpaired) electrons. The Bertz CT molecular complexity index is 1240. The van der Waals surface area contributed by atoms with Crippen LogP contribution in [0.3, 0.4) is 0 Å². The fourth-order valence-electron chi connectivity index (χ4n) is 3.87. The van der Waals surface area contributed by atoms with Crippen molar-refractivity contribution in [1.82, 2.24) is 10.3 Å². The van der Waals surface area contributed by atoms with Crippen molar-refractivity contribution >= 4 is 38.2 Å². The molecule has 4 aromatic rings. The summed E-state index contributed by atoms with van der Waals surface area (Å²) >= 11 is 1.63. The number of rotatable bonds is 2. The van der Waals surface area contributed by atoms with Crippen LogP contribution in [0.5, 0.6) is 0 Å². The molecule has 1 saturated heterocycles. The zero-order valence-corrected chi connectivity index (χ0v) is 16.7. The Kier molecular flexibility index (Phi) is 4.18. The highest BCUT2D eigenvalue weighted by Crippen LogP contribution is 2.29. The molecule has 1 atom stereocenters. The van der Waals surface area contributed by atoms with Gasteiger partial charge in [-0.2, -0.15) is 0 Å². The number of nitrogens with one attached hydrogen (secondary N) is 1. The van der Waals surface area contributed by atoms with Gasteiger partial charge in [0, 0.05) is 42.8 Å². The van der Waals surface area contributed by atoms with Gasteiger partial charge < -0.3 is 14.6 Å². The number of hydrogen-bond donors (Lipinski definition) is 1. The van der Waals surface area contributed by atoms with Gasteiger partial charge in [0.05, 0.1) is 20.8 Å². The maximum atomic E-state index is 12.7. The Balaban J connectivity index is 1.56. The van der Waals surface area contributed by atoms with E-state index >= 15 is 0 Å². The van der Waals surface area contributed by atoms with Gasteiger partial charge in [-0.25, -0.2) is 9.78 Å². The average Bonchev–Trinajstić information content (AvgIpc) is 3.06. The van der Waals surface area contributed by atoms with Crippen molar-refractivity contribution in [3.8, 4) is 11.1 Å². The van der Waals surface area contributed by atoms with Crippen molar-refractivity contribution in [3.63, 3.8) is 0 Å². The van der Waals surface area contributed by atoms with Gasteiger partial charge in [-0.3, -0.25) is 0 Å². The summed E-state index contributed by atoms with van der Waals surface area (Å²) < 4.78 is 6.79. The molecule has 28 heavy (non-hydrogen) atoms. The van der Waals surface area contributed by atoms with Crippen LogP contribution in [0, 0.1) is 6.92 Å². The molecule has 1 fully saturated rings. The zero-order valence-electron chi connectivity index (χ0n) is 15.9. The van der Waals surface area contributed by atoms with E-state index in [0.29, 0.717) is 17.2 Å². The van der Waals surface area contributed by atoms with Crippen LogP contribution < -0.4 is 15.8 Å². The van der Waals surface area contributed by atoms with Crippen LogP contribution in [0.2, 0.25) is 0 Å². The summed E-state index contributed by atoms with van der Waals surface area (Å²) in [5.41, 5.74) is 3.84. The number of anilines is 1. The number of thiazole rings is 1. The molecule has 3 heterocycles. The van der Waals surface area contributed by atoms with Gasteiger partial charge in [-0.15, -0.1) is 11.3 Å². The summed E-state index contributed by atoms with van der Waals surface area (Å²) in [6.45, 7) is 7.03. The number of benzene rings is 2. The molecule has 6 heteroatoms. The molecule has 5 rings (SSSR count). The number of hydrogen-bond acceptors (Lipinski definition) is 6. The maximum absolute atomic E-state index is 12.7. The molecule has 0 aliphatic carbocycles. The van der Waals surface area contributed by atoms with E-state index in [2.05, 4.69) is 28.2 Å². The van der Waals surface area contributed by atoms with Gasteiger partial charge in [0.25, 0.3) is 0 Å². The highest BCUT2D eigenvalue weighted by atomic mass is 32.1. The highest BCUT2D eigenvalue weighted by molar-refractivity contribution is 7.18. The molecule has 0 saturated carbocycles. The average molecular weight is 391 g/mol. The van der Waals surface area contributed by atoms with E-state index in [1.165, 1.54) is 0 Å². The zero-order chi connectivity index (χ0) is 19.3. The third kappa shape index (κ3) is 3.08. The summed E-state index contributed by atoms with van der Waals surface area (Å²) in [6.07, 6.45) is 0. The van der Waals surface area contributed by atoms with E-state index in [-0.39, 0.29) is 5.63 Å². The third-order valence-electron chi connectivity index (χ3n) is 5.26. The summed E-state index contributed by atoms with van der Waals surface area (Å²) in [5, 5.41) is 5.40. The number of aromatic nitrogens is 1. The predicted octanol–water partition coefficient (Wildman–Crippen LogP) is 4.18. The fourth-order valence-corrected chi connectivity index (χ4v) is 4.74. The highest BCUT2D eigenvalue weighted by Gasteiger charge is 2.17. The second kappa shape index (κ2) is 6.72. The van der Waals surface area contributed by atoms with Crippen LogP contribution in [0.15, 0.2) is 51.7 Å². The minimum Gasteiger partial charge on any atom is -0.422 e. The number of nitrogens with zero attached hydrogens (tertiary/aromatic N) is 2. The van der Waals surface area contributed by atoms with Crippen LogP contribution in [-0.2, 0) is 0 Å². The van der Waals surface area contributed by atoms with E-state index in [1.807, 2.05) is 43.3 Å². The first-order valence-corrected chi connectivity index (χ1v) is 10.3. The monoisotopic (exact) mass is 391 g/mol. The molecule has 1 unspecified atom stereocenters. The predicted molar refractivity (Wildman–Crippen MR) is 116 cm³/mol. The topological polar surface area (TPSA) is 58.4 Å². The minimum atomic E-state index is -0.307. The summed E-state index contributed by atoms with van der Waals surface area (Å²) in [5.74, 6) is 0. The summed E-state index contributed by atoms with van der Waals surface area (Å²) in [6, 6.07) is 14.4. The molecule has 2 aromatic carbocycles. The lowest BCUT2D eigenvalue weighted by atomic mass is 10.1. The standard InChI is InChI=1S/C22H21N3O2S/c1-13-12-25(8-7-23-13)17-5-3-16-9-18(22(26)27-20(16)11-17)15-4-6-19-21(10-15)28-14(2)24-19/h3-6,9-11,13,23H,7-8,12H2,1-2H3. The Morgan fingerprint density at radius 2 is 2.11 bits per heavy atom. The third-order valence-corrected chi connectivity index (χ3v) is 6.19.